The Labute approximate surface area is 73.0 Å². The Hall–Kier alpha value is -1.98. The number of nitrogens with two attached hydrogens (primary N) is 1. The van der Waals surface area contributed by atoms with Gasteiger partial charge in [0, 0.05) is 0 Å². The standard InChI is InChI=1S/C7H6FN5/c8-5-1-10-7(11-2-5)13-4-6(9)3-12-13/h1-4H,9H2. The third kappa shape index (κ3) is 1.46. The normalized spacial score (nSPS) is 10.2. The number of hydrogen-bond donors (Lipinski definition) is 1. The fraction of sp³-hybridized carbons (Fsp3) is 0. The van der Waals surface area contributed by atoms with Crippen molar-refractivity contribution in [3.05, 3.63) is 30.6 Å². The zero-order valence-corrected chi connectivity index (χ0v) is 6.55. The summed E-state index contributed by atoms with van der Waals surface area (Å²) < 4.78 is 13.8. The van der Waals surface area contributed by atoms with Gasteiger partial charge in [-0.05, 0) is 0 Å². The quantitative estimate of drug-likeness (QED) is 0.687. The van der Waals surface area contributed by atoms with Crippen LogP contribution in [0.5, 0.6) is 0 Å². The van der Waals surface area contributed by atoms with Gasteiger partial charge in [0.1, 0.15) is 0 Å². The lowest BCUT2D eigenvalue weighted by atomic mass is 10.6. The lowest BCUT2D eigenvalue weighted by molar-refractivity contribution is 0.608. The van der Waals surface area contributed by atoms with Crippen LogP contribution in [-0.4, -0.2) is 19.7 Å². The minimum absolute atomic E-state index is 0.290. The van der Waals surface area contributed by atoms with Crippen molar-refractivity contribution < 1.29 is 4.39 Å². The van der Waals surface area contributed by atoms with E-state index >= 15 is 0 Å². The summed E-state index contributed by atoms with van der Waals surface area (Å²) in [5.74, 6) is -0.193. The van der Waals surface area contributed by atoms with E-state index in [4.69, 9.17) is 5.73 Å². The second-order valence-electron chi connectivity index (χ2n) is 2.42. The number of rotatable bonds is 1. The Bertz CT molecular complexity index is 407. The van der Waals surface area contributed by atoms with Crippen LogP contribution in [0.25, 0.3) is 5.95 Å². The predicted octanol–water partition coefficient (Wildman–Crippen LogP) is 0.384. The monoisotopic (exact) mass is 179 g/mol. The van der Waals surface area contributed by atoms with E-state index in [1.165, 1.54) is 10.9 Å². The Kier molecular flexibility index (Phi) is 1.66. The topological polar surface area (TPSA) is 69.6 Å². The molecule has 13 heavy (non-hydrogen) atoms. The lowest BCUT2D eigenvalue weighted by Gasteiger charge is -1.96. The van der Waals surface area contributed by atoms with Crippen LogP contribution in [0.1, 0.15) is 0 Å². The van der Waals surface area contributed by atoms with E-state index < -0.39 is 5.82 Å². The summed E-state index contributed by atoms with van der Waals surface area (Å²) in [6, 6.07) is 0. The fourth-order valence-electron chi connectivity index (χ4n) is 0.870. The van der Waals surface area contributed by atoms with Crippen molar-refractivity contribution in [2.45, 2.75) is 0 Å². The summed E-state index contributed by atoms with van der Waals surface area (Å²) in [5.41, 5.74) is 5.94. The van der Waals surface area contributed by atoms with Gasteiger partial charge in [-0.15, -0.1) is 0 Å². The molecule has 0 amide bonds. The van der Waals surface area contributed by atoms with Crippen LogP contribution in [-0.2, 0) is 0 Å². The molecule has 6 heteroatoms. The van der Waals surface area contributed by atoms with Crippen molar-refractivity contribution in [3.8, 4) is 5.95 Å². The van der Waals surface area contributed by atoms with Gasteiger partial charge in [0.05, 0.1) is 30.5 Å². The van der Waals surface area contributed by atoms with Crippen LogP contribution in [0.15, 0.2) is 24.8 Å². The van der Waals surface area contributed by atoms with Gasteiger partial charge in [0.15, 0.2) is 5.82 Å². The molecule has 0 aliphatic rings. The average Bonchev–Trinajstić information content (AvgIpc) is 2.53. The highest BCUT2D eigenvalue weighted by Gasteiger charge is 2.00. The van der Waals surface area contributed by atoms with Crippen molar-refractivity contribution >= 4 is 5.69 Å². The summed E-state index contributed by atoms with van der Waals surface area (Å²) in [6.07, 6.45) is 5.15. The van der Waals surface area contributed by atoms with Crippen LogP contribution < -0.4 is 5.73 Å². The van der Waals surface area contributed by atoms with Gasteiger partial charge < -0.3 is 5.73 Å². The maximum Gasteiger partial charge on any atom is 0.250 e. The molecule has 2 rings (SSSR count). The molecule has 5 nitrogen and oxygen atoms in total. The van der Waals surface area contributed by atoms with Crippen molar-refractivity contribution in [3.63, 3.8) is 0 Å². The molecule has 2 aromatic heterocycles. The molecule has 0 unspecified atom stereocenters. The molecular weight excluding hydrogens is 173 g/mol. The summed E-state index contributed by atoms with van der Waals surface area (Å²) in [5, 5.41) is 3.86. The molecule has 0 aliphatic heterocycles. The number of halogens is 1. The van der Waals surface area contributed by atoms with Gasteiger partial charge in [0.25, 0.3) is 5.95 Å². The van der Waals surface area contributed by atoms with Gasteiger partial charge in [-0.1, -0.05) is 0 Å². The molecule has 0 saturated carbocycles. The smallest absolute Gasteiger partial charge is 0.250 e. The molecule has 0 atom stereocenters. The molecule has 0 aliphatic carbocycles. The summed E-state index contributed by atoms with van der Waals surface area (Å²) in [7, 11) is 0. The van der Waals surface area contributed by atoms with Gasteiger partial charge in [-0.3, -0.25) is 0 Å². The number of hydrogen-bond acceptors (Lipinski definition) is 4. The second kappa shape index (κ2) is 2.81. The minimum Gasteiger partial charge on any atom is -0.396 e. The molecule has 0 bridgehead atoms. The Morgan fingerprint density at radius 2 is 1.92 bits per heavy atom. The number of anilines is 1. The summed E-state index contributed by atoms with van der Waals surface area (Å²) >= 11 is 0. The first kappa shape index (κ1) is 7.66. The SMILES string of the molecule is Nc1cnn(-c2ncc(F)cn2)c1. The second-order valence-corrected chi connectivity index (χ2v) is 2.42. The maximum atomic E-state index is 12.4. The van der Waals surface area contributed by atoms with E-state index in [9.17, 15) is 4.39 Å². The highest BCUT2D eigenvalue weighted by Crippen LogP contribution is 2.03. The van der Waals surface area contributed by atoms with Gasteiger partial charge >= 0.3 is 0 Å². The molecule has 2 heterocycles. The molecule has 2 N–H and O–H groups in total. The number of aromatic nitrogens is 4. The molecule has 0 saturated heterocycles. The Morgan fingerprint density at radius 3 is 2.46 bits per heavy atom. The van der Waals surface area contributed by atoms with Crippen molar-refractivity contribution in [1.29, 1.82) is 0 Å². The third-order valence-corrected chi connectivity index (χ3v) is 1.41. The summed E-state index contributed by atoms with van der Waals surface area (Å²) in [4.78, 5) is 7.44. The van der Waals surface area contributed by atoms with E-state index in [-0.39, 0.29) is 5.95 Å². The largest absolute Gasteiger partial charge is 0.396 e. The first-order chi connectivity index (χ1) is 6.25. The van der Waals surface area contributed by atoms with E-state index in [1.807, 2.05) is 0 Å². The molecule has 66 valence electrons. The van der Waals surface area contributed by atoms with Crippen LogP contribution in [0.2, 0.25) is 0 Å². The van der Waals surface area contributed by atoms with E-state index in [1.54, 1.807) is 6.20 Å². The van der Waals surface area contributed by atoms with E-state index in [2.05, 4.69) is 15.1 Å². The van der Waals surface area contributed by atoms with Crippen molar-refractivity contribution in [1.82, 2.24) is 19.7 Å². The zero-order chi connectivity index (χ0) is 9.26. The van der Waals surface area contributed by atoms with E-state index in [0.29, 0.717) is 5.69 Å². The molecule has 0 fully saturated rings. The summed E-state index contributed by atoms with van der Waals surface area (Å²) in [6.45, 7) is 0. The number of nitrogens with zero attached hydrogens (tertiary/aromatic N) is 4. The van der Waals surface area contributed by atoms with Crippen LogP contribution >= 0.6 is 0 Å². The first-order valence-corrected chi connectivity index (χ1v) is 3.54. The molecule has 0 radical (unpaired) electrons. The van der Waals surface area contributed by atoms with E-state index in [0.717, 1.165) is 12.4 Å². The van der Waals surface area contributed by atoms with Gasteiger partial charge in [-0.25, -0.2) is 19.0 Å². The van der Waals surface area contributed by atoms with Crippen LogP contribution in [0, 0.1) is 5.82 Å². The minimum atomic E-state index is -0.483. The van der Waals surface area contributed by atoms with Gasteiger partial charge in [0.2, 0.25) is 0 Å². The molecular formula is C7H6FN5. The highest BCUT2D eigenvalue weighted by molar-refractivity contribution is 5.32. The lowest BCUT2D eigenvalue weighted by Crippen LogP contribution is -2.01. The molecule has 0 aromatic carbocycles. The van der Waals surface area contributed by atoms with Crippen molar-refractivity contribution in [2.75, 3.05) is 5.73 Å². The number of nitrogen functional groups attached to an aromatic ring is 1. The Morgan fingerprint density at radius 1 is 1.23 bits per heavy atom. The fourth-order valence-corrected chi connectivity index (χ4v) is 0.870. The maximum absolute atomic E-state index is 12.4. The third-order valence-electron chi connectivity index (χ3n) is 1.41. The predicted molar refractivity (Wildman–Crippen MR) is 43.5 cm³/mol. The van der Waals surface area contributed by atoms with Crippen LogP contribution in [0.4, 0.5) is 10.1 Å². The average molecular weight is 179 g/mol. The highest BCUT2D eigenvalue weighted by atomic mass is 19.1. The Balaban J connectivity index is 2.41. The first-order valence-electron chi connectivity index (χ1n) is 3.54. The van der Waals surface area contributed by atoms with Crippen LogP contribution in [0.3, 0.4) is 0 Å². The van der Waals surface area contributed by atoms with Crippen molar-refractivity contribution in [2.24, 2.45) is 0 Å². The van der Waals surface area contributed by atoms with Gasteiger partial charge in [-0.2, -0.15) is 5.10 Å². The zero-order valence-electron chi connectivity index (χ0n) is 6.55. The molecule has 2 aromatic rings. The molecule has 0 spiro atoms.